The smallest absolute Gasteiger partial charge is 0.127 e. The summed E-state index contributed by atoms with van der Waals surface area (Å²) in [5, 5.41) is 2.45. The first-order valence-corrected chi connectivity index (χ1v) is 26.8. The van der Waals surface area contributed by atoms with Crippen molar-refractivity contribution in [3.8, 4) is 62.1 Å². The highest BCUT2D eigenvalue weighted by Crippen LogP contribution is 2.58. The number of para-hydroxylation sites is 4. The molecule has 0 spiro atoms. The molecule has 0 aliphatic heterocycles. The normalized spacial score (nSPS) is 13.4. The summed E-state index contributed by atoms with van der Waals surface area (Å²) >= 11 is 0. The molecule has 0 fully saturated rings. The fourth-order valence-electron chi connectivity index (χ4n) is 11.9. The van der Waals surface area contributed by atoms with Gasteiger partial charge in [0.1, 0.15) is 23.0 Å². The predicted octanol–water partition coefficient (Wildman–Crippen LogP) is 20.2. The maximum absolute atomic E-state index is 6.47. The Bertz CT molecular complexity index is 4340. The minimum atomic E-state index is -0.742. The summed E-state index contributed by atoms with van der Waals surface area (Å²) in [5.74, 6) is 3.07. The molecule has 1 heterocycles. The number of hydrogen-bond donors (Lipinski definition) is 0. The summed E-state index contributed by atoms with van der Waals surface area (Å²) in [4.78, 5) is 2.43. The lowest BCUT2D eigenvalue weighted by Gasteiger charge is -2.35. The van der Waals surface area contributed by atoms with E-state index in [4.69, 9.17) is 9.47 Å². The van der Waals surface area contributed by atoms with E-state index in [0.717, 1.165) is 84.7 Å². The molecule has 14 rings (SSSR count). The van der Waals surface area contributed by atoms with Crippen molar-refractivity contribution in [3.05, 3.63) is 332 Å². The quantitative estimate of drug-likeness (QED) is 0.115. The van der Waals surface area contributed by atoms with E-state index in [2.05, 4.69) is 259 Å². The van der Waals surface area contributed by atoms with Crippen LogP contribution in [0.25, 0.3) is 66.9 Å². The van der Waals surface area contributed by atoms with Gasteiger partial charge in [0, 0.05) is 33.4 Å². The summed E-state index contributed by atoms with van der Waals surface area (Å²) < 4.78 is 15.3. The minimum Gasteiger partial charge on any atom is -0.457 e. The largest absolute Gasteiger partial charge is 0.457 e. The highest BCUT2D eigenvalue weighted by atomic mass is 16.5. The van der Waals surface area contributed by atoms with Gasteiger partial charge in [0.05, 0.1) is 22.1 Å². The zero-order valence-corrected chi connectivity index (χ0v) is 43.3. The molecule has 1 atom stereocenters. The lowest BCUT2D eigenvalue weighted by atomic mass is 9.67. The molecular formula is C75H52N2O2. The maximum atomic E-state index is 6.47. The molecule has 0 saturated heterocycles. The molecule has 0 amide bonds. The van der Waals surface area contributed by atoms with Crippen LogP contribution in [0.15, 0.2) is 304 Å². The Labute approximate surface area is 460 Å². The van der Waals surface area contributed by atoms with Crippen LogP contribution in [0.3, 0.4) is 0 Å². The van der Waals surface area contributed by atoms with E-state index < -0.39 is 5.41 Å². The molecule has 374 valence electrons. The molecule has 0 N–H and O–H groups in total. The van der Waals surface area contributed by atoms with Crippen molar-refractivity contribution in [3.63, 3.8) is 0 Å². The topological polar surface area (TPSA) is 26.6 Å². The highest BCUT2D eigenvalue weighted by Gasteiger charge is 2.46. The fourth-order valence-corrected chi connectivity index (χ4v) is 11.9. The van der Waals surface area contributed by atoms with Gasteiger partial charge in [0.2, 0.25) is 0 Å². The van der Waals surface area contributed by atoms with Crippen LogP contribution in [-0.4, -0.2) is 4.57 Å². The van der Waals surface area contributed by atoms with Crippen LogP contribution in [0, 0.1) is 0 Å². The summed E-state index contributed by atoms with van der Waals surface area (Å²) in [7, 11) is 0. The Balaban J connectivity index is 0.930. The Kier molecular flexibility index (Phi) is 11.9. The van der Waals surface area contributed by atoms with Crippen molar-refractivity contribution >= 4 is 44.9 Å². The predicted molar refractivity (Wildman–Crippen MR) is 327 cm³/mol. The molecule has 0 saturated carbocycles. The molecular weight excluding hydrogens is 961 g/mol. The van der Waals surface area contributed by atoms with Gasteiger partial charge in [0.15, 0.2) is 0 Å². The van der Waals surface area contributed by atoms with Crippen molar-refractivity contribution < 1.29 is 9.47 Å². The number of rotatable bonds is 13. The van der Waals surface area contributed by atoms with Gasteiger partial charge in [-0.25, -0.2) is 0 Å². The van der Waals surface area contributed by atoms with Gasteiger partial charge >= 0.3 is 0 Å². The SMILES string of the molecule is C=Cc1ccc(Oc2ccc(C3(c4ccc(Oc5ccccc5)cc4)c4ccccc4-c4ccc(N(c5ccc(-c6ccc7c(c6)c6ccccc6n7-c6ccccc6)cc5)c5ccccc5-c5ccccc5)cc43)cc2)cc1. The minimum absolute atomic E-state index is 0.742. The fraction of sp³-hybridized carbons (Fsp3) is 0.0133. The third kappa shape index (κ3) is 8.35. The lowest BCUT2D eigenvalue weighted by molar-refractivity contribution is 0.482. The highest BCUT2D eigenvalue weighted by molar-refractivity contribution is 6.10. The number of benzene rings is 12. The molecule has 1 aliphatic rings. The van der Waals surface area contributed by atoms with Gasteiger partial charge in [-0.1, -0.05) is 201 Å². The second-order valence-corrected chi connectivity index (χ2v) is 20.1. The molecule has 0 radical (unpaired) electrons. The average Bonchev–Trinajstić information content (AvgIpc) is 4.20. The van der Waals surface area contributed by atoms with Gasteiger partial charge in [-0.05, 0) is 165 Å². The van der Waals surface area contributed by atoms with Gasteiger partial charge in [-0.3, -0.25) is 0 Å². The van der Waals surface area contributed by atoms with Crippen molar-refractivity contribution in [2.75, 3.05) is 4.90 Å². The first-order chi connectivity index (χ1) is 39.1. The molecule has 79 heavy (non-hydrogen) atoms. The third-order valence-electron chi connectivity index (χ3n) is 15.6. The van der Waals surface area contributed by atoms with E-state index in [1.54, 1.807) is 0 Å². The Morgan fingerprint density at radius 2 is 0.873 bits per heavy atom. The maximum Gasteiger partial charge on any atom is 0.127 e. The number of anilines is 3. The van der Waals surface area contributed by atoms with E-state index in [1.165, 1.54) is 44.1 Å². The average molecular weight is 1010 g/mol. The number of aromatic nitrogens is 1. The van der Waals surface area contributed by atoms with Crippen molar-refractivity contribution in [2.45, 2.75) is 5.41 Å². The molecule has 1 aliphatic carbocycles. The van der Waals surface area contributed by atoms with Gasteiger partial charge in [-0.2, -0.15) is 0 Å². The van der Waals surface area contributed by atoms with E-state index >= 15 is 0 Å². The monoisotopic (exact) mass is 1010 g/mol. The van der Waals surface area contributed by atoms with Crippen LogP contribution >= 0.6 is 0 Å². The summed E-state index contributed by atoms with van der Waals surface area (Å²) in [6, 6.07) is 106. The van der Waals surface area contributed by atoms with Crippen molar-refractivity contribution in [1.29, 1.82) is 0 Å². The first-order valence-electron chi connectivity index (χ1n) is 26.8. The number of hydrogen-bond acceptors (Lipinski definition) is 3. The van der Waals surface area contributed by atoms with Crippen LogP contribution in [0.2, 0.25) is 0 Å². The molecule has 4 heteroatoms. The second kappa shape index (κ2) is 19.9. The molecule has 0 bridgehead atoms. The molecule has 1 aromatic heterocycles. The molecule has 4 nitrogen and oxygen atoms in total. The summed E-state index contributed by atoms with van der Waals surface area (Å²) in [6.45, 7) is 3.93. The zero-order chi connectivity index (χ0) is 52.7. The van der Waals surface area contributed by atoms with Gasteiger partial charge < -0.3 is 18.9 Å². The Hall–Kier alpha value is -10.4. The van der Waals surface area contributed by atoms with Crippen LogP contribution in [0.4, 0.5) is 17.1 Å². The van der Waals surface area contributed by atoms with Crippen LogP contribution in [-0.2, 0) is 5.41 Å². The van der Waals surface area contributed by atoms with Crippen LogP contribution < -0.4 is 14.4 Å². The standard InChI is InChI=1S/C75H52N2O2/c1-2-52-30-42-62(43-31-52)79-64-46-37-57(38-47-64)75(56-35-44-63(45-36-56)78-61-22-10-5-11-23-61)70-27-15-12-25-66(70)67-48-41-60(51-71(67)75)76(72-28-16-13-24-65(72)54-18-6-3-7-19-54)59-39-32-53(33-40-59)55-34-49-74-69(50-55)68-26-14-17-29-73(68)77(74)58-20-8-4-9-21-58/h2-51H,1H2. The number of ether oxygens (including phenoxy) is 2. The first kappa shape index (κ1) is 47.1. The van der Waals surface area contributed by atoms with Crippen LogP contribution in [0.1, 0.15) is 27.8 Å². The molecule has 12 aromatic carbocycles. The van der Waals surface area contributed by atoms with Crippen molar-refractivity contribution in [1.82, 2.24) is 4.57 Å². The van der Waals surface area contributed by atoms with Crippen molar-refractivity contribution in [2.24, 2.45) is 0 Å². The van der Waals surface area contributed by atoms with E-state index in [1.807, 2.05) is 60.7 Å². The number of nitrogens with zero attached hydrogens (tertiary/aromatic N) is 2. The molecule has 13 aromatic rings. The lowest BCUT2D eigenvalue weighted by Crippen LogP contribution is -2.28. The Morgan fingerprint density at radius 1 is 0.354 bits per heavy atom. The van der Waals surface area contributed by atoms with Crippen LogP contribution in [0.5, 0.6) is 23.0 Å². The van der Waals surface area contributed by atoms with E-state index in [-0.39, 0.29) is 0 Å². The third-order valence-corrected chi connectivity index (χ3v) is 15.6. The summed E-state index contributed by atoms with van der Waals surface area (Å²) in [6.07, 6.45) is 1.84. The zero-order valence-electron chi connectivity index (χ0n) is 43.3. The second-order valence-electron chi connectivity index (χ2n) is 20.1. The Morgan fingerprint density at radius 3 is 1.56 bits per heavy atom. The summed E-state index contributed by atoms with van der Waals surface area (Å²) in [5.41, 5.74) is 18.5. The van der Waals surface area contributed by atoms with Gasteiger partial charge in [-0.15, -0.1) is 0 Å². The van der Waals surface area contributed by atoms with E-state index in [0.29, 0.717) is 0 Å². The number of fused-ring (bicyclic) bond motifs is 6. The van der Waals surface area contributed by atoms with Gasteiger partial charge in [0.25, 0.3) is 0 Å². The molecule has 1 unspecified atom stereocenters. The van der Waals surface area contributed by atoms with E-state index in [9.17, 15) is 0 Å².